The summed E-state index contributed by atoms with van der Waals surface area (Å²) in [6.45, 7) is 4.06. The highest BCUT2D eigenvalue weighted by Crippen LogP contribution is 2.46. The number of hydrogen-bond acceptors (Lipinski definition) is 3. The van der Waals surface area contributed by atoms with Gasteiger partial charge < -0.3 is 9.05 Å². The molecule has 1 rings (SSSR count). The van der Waals surface area contributed by atoms with E-state index in [-0.39, 0.29) is 0 Å². The second-order valence-electron chi connectivity index (χ2n) is 2.88. The second kappa shape index (κ2) is 4.74. The fourth-order valence-corrected chi connectivity index (χ4v) is 2.82. The van der Waals surface area contributed by atoms with E-state index in [2.05, 4.69) is 0 Å². The Hall–Kier alpha value is -0.630. The van der Waals surface area contributed by atoms with E-state index in [0.717, 1.165) is 5.56 Å². The van der Waals surface area contributed by atoms with E-state index in [1.807, 2.05) is 25.1 Å². The normalized spacial score (nSPS) is 15.1. The molecule has 1 atom stereocenters. The summed E-state index contributed by atoms with van der Waals surface area (Å²) < 4.78 is 22.3. The van der Waals surface area contributed by atoms with Gasteiger partial charge in [-0.05, 0) is 25.5 Å². The molecule has 0 spiro atoms. The Bertz CT molecular complexity index is 349. The minimum atomic E-state index is -3.09. The number of rotatable bonds is 4. The van der Waals surface area contributed by atoms with Gasteiger partial charge in [-0.2, -0.15) is 0 Å². The van der Waals surface area contributed by atoms with Crippen molar-refractivity contribution in [3.8, 4) is 0 Å². The Morgan fingerprint density at radius 3 is 2.50 bits per heavy atom. The number of hydrogen-bond donors (Lipinski definition) is 0. The molecule has 3 nitrogen and oxygen atoms in total. The van der Waals surface area contributed by atoms with Gasteiger partial charge in [-0.15, -0.1) is 0 Å². The highest BCUT2D eigenvalue weighted by atomic mass is 31.2. The van der Waals surface area contributed by atoms with Crippen LogP contribution in [0.15, 0.2) is 24.3 Å². The Morgan fingerprint density at radius 1 is 1.36 bits per heavy atom. The Balaban J connectivity index is 3.13. The molecule has 0 radical (unpaired) electrons. The smallest absolute Gasteiger partial charge is 0.309 e. The van der Waals surface area contributed by atoms with Crippen molar-refractivity contribution in [2.24, 2.45) is 0 Å². The second-order valence-corrected chi connectivity index (χ2v) is 4.98. The van der Waals surface area contributed by atoms with E-state index >= 15 is 0 Å². The van der Waals surface area contributed by atoms with E-state index in [0.29, 0.717) is 11.9 Å². The average Bonchev–Trinajstić information content (AvgIpc) is 2.18. The van der Waals surface area contributed by atoms with Crippen molar-refractivity contribution in [3.63, 3.8) is 0 Å². The molecule has 1 aromatic carbocycles. The quantitative estimate of drug-likeness (QED) is 0.722. The van der Waals surface area contributed by atoms with Gasteiger partial charge in [0.2, 0.25) is 0 Å². The molecule has 0 aliphatic rings. The Kier molecular flexibility index (Phi) is 3.87. The molecular formula is C10H15O3P. The van der Waals surface area contributed by atoms with Crippen LogP contribution in [0.5, 0.6) is 0 Å². The van der Waals surface area contributed by atoms with Gasteiger partial charge in [0.15, 0.2) is 0 Å². The highest BCUT2D eigenvalue weighted by molar-refractivity contribution is 7.62. The first-order valence-corrected chi connectivity index (χ1v) is 6.05. The molecule has 0 amide bonds. The fraction of sp³-hybridized carbons (Fsp3) is 0.400. The predicted molar refractivity (Wildman–Crippen MR) is 57.1 cm³/mol. The van der Waals surface area contributed by atoms with Crippen LogP contribution >= 0.6 is 7.60 Å². The summed E-state index contributed by atoms with van der Waals surface area (Å²) in [7, 11) is -1.68. The lowest BCUT2D eigenvalue weighted by Gasteiger charge is -2.16. The summed E-state index contributed by atoms with van der Waals surface area (Å²) >= 11 is 0. The maximum absolute atomic E-state index is 12.2. The predicted octanol–water partition coefficient (Wildman–Crippen LogP) is 2.50. The zero-order chi connectivity index (χ0) is 10.6. The third-order valence-electron chi connectivity index (χ3n) is 1.95. The van der Waals surface area contributed by atoms with Crippen LogP contribution < -0.4 is 5.30 Å². The minimum Gasteiger partial charge on any atom is -0.309 e. The molecule has 1 unspecified atom stereocenters. The molecule has 14 heavy (non-hydrogen) atoms. The van der Waals surface area contributed by atoms with Crippen molar-refractivity contribution in [1.29, 1.82) is 0 Å². The largest absolute Gasteiger partial charge is 0.361 e. The van der Waals surface area contributed by atoms with Gasteiger partial charge in [0.25, 0.3) is 0 Å². The van der Waals surface area contributed by atoms with Gasteiger partial charge in [0, 0.05) is 7.11 Å². The third kappa shape index (κ3) is 2.24. The third-order valence-corrected chi connectivity index (χ3v) is 4.12. The molecule has 78 valence electrons. The van der Waals surface area contributed by atoms with Crippen LogP contribution in [-0.4, -0.2) is 13.7 Å². The summed E-state index contributed by atoms with van der Waals surface area (Å²) in [5.41, 5.74) is 0.922. The molecule has 1 aromatic rings. The molecule has 4 heteroatoms. The Labute approximate surface area is 84.6 Å². The molecule has 0 heterocycles. The van der Waals surface area contributed by atoms with E-state index < -0.39 is 7.60 Å². The van der Waals surface area contributed by atoms with Crippen molar-refractivity contribution in [1.82, 2.24) is 0 Å². The molecule has 0 aromatic heterocycles. The summed E-state index contributed by atoms with van der Waals surface area (Å²) in [6.07, 6.45) is 0. The van der Waals surface area contributed by atoms with Gasteiger partial charge in [-0.25, -0.2) is 0 Å². The van der Waals surface area contributed by atoms with Gasteiger partial charge in [-0.3, -0.25) is 4.57 Å². The maximum atomic E-state index is 12.2. The van der Waals surface area contributed by atoms with Gasteiger partial charge in [0.1, 0.15) is 0 Å². The zero-order valence-electron chi connectivity index (χ0n) is 8.69. The van der Waals surface area contributed by atoms with Crippen molar-refractivity contribution < 1.29 is 13.6 Å². The maximum Gasteiger partial charge on any atom is 0.361 e. The zero-order valence-corrected chi connectivity index (χ0v) is 9.58. The first-order chi connectivity index (χ1) is 6.64. The fourth-order valence-electron chi connectivity index (χ4n) is 1.26. The molecule has 0 saturated carbocycles. The van der Waals surface area contributed by atoms with Crippen LogP contribution in [0.1, 0.15) is 12.5 Å². The molecule has 0 fully saturated rings. The highest BCUT2D eigenvalue weighted by Gasteiger charge is 2.26. The summed E-state index contributed by atoms with van der Waals surface area (Å²) in [4.78, 5) is 0. The standard InChI is InChI=1S/C10H15O3P/c1-4-13-14(11,12-3)10-8-6-5-7-9(10)2/h5-8H,4H2,1-3H3. The van der Waals surface area contributed by atoms with Crippen molar-refractivity contribution >= 4 is 12.9 Å². The number of benzene rings is 1. The van der Waals surface area contributed by atoms with Crippen LogP contribution in [0.25, 0.3) is 0 Å². The topological polar surface area (TPSA) is 35.5 Å². The summed E-state index contributed by atoms with van der Waals surface area (Å²) in [5, 5.41) is 0.643. The number of aryl methyl sites for hydroxylation is 1. The van der Waals surface area contributed by atoms with Gasteiger partial charge in [0.05, 0.1) is 11.9 Å². The molecular weight excluding hydrogens is 199 g/mol. The van der Waals surface area contributed by atoms with Crippen LogP contribution in [0.4, 0.5) is 0 Å². The monoisotopic (exact) mass is 214 g/mol. The van der Waals surface area contributed by atoms with Crippen molar-refractivity contribution in [2.75, 3.05) is 13.7 Å². The lowest BCUT2D eigenvalue weighted by molar-refractivity contribution is 0.254. The Morgan fingerprint density at radius 2 is 2.00 bits per heavy atom. The first-order valence-electron chi connectivity index (χ1n) is 4.50. The lowest BCUT2D eigenvalue weighted by atomic mass is 10.2. The van der Waals surface area contributed by atoms with Crippen LogP contribution in [-0.2, 0) is 13.6 Å². The van der Waals surface area contributed by atoms with Gasteiger partial charge >= 0.3 is 7.60 Å². The van der Waals surface area contributed by atoms with E-state index in [9.17, 15) is 4.57 Å². The first kappa shape index (κ1) is 11.4. The van der Waals surface area contributed by atoms with Crippen LogP contribution in [0.2, 0.25) is 0 Å². The van der Waals surface area contributed by atoms with Crippen molar-refractivity contribution in [3.05, 3.63) is 29.8 Å². The molecule has 0 bridgehead atoms. The minimum absolute atomic E-state index is 0.374. The summed E-state index contributed by atoms with van der Waals surface area (Å²) in [5.74, 6) is 0. The van der Waals surface area contributed by atoms with E-state index in [4.69, 9.17) is 9.05 Å². The molecule has 0 aliphatic carbocycles. The molecule has 0 N–H and O–H groups in total. The molecule has 0 aliphatic heterocycles. The van der Waals surface area contributed by atoms with Crippen LogP contribution in [0.3, 0.4) is 0 Å². The van der Waals surface area contributed by atoms with Crippen molar-refractivity contribution in [2.45, 2.75) is 13.8 Å². The van der Waals surface area contributed by atoms with E-state index in [1.54, 1.807) is 13.0 Å². The van der Waals surface area contributed by atoms with E-state index in [1.165, 1.54) is 7.11 Å². The van der Waals surface area contributed by atoms with Gasteiger partial charge in [-0.1, -0.05) is 18.2 Å². The SMILES string of the molecule is CCOP(=O)(OC)c1ccccc1C. The summed E-state index contributed by atoms with van der Waals surface area (Å²) in [6, 6.07) is 7.38. The average molecular weight is 214 g/mol. The lowest BCUT2D eigenvalue weighted by Crippen LogP contribution is -2.12. The molecule has 0 saturated heterocycles. The van der Waals surface area contributed by atoms with Crippen LogP contribution in [0, 0.1) is 6.92 Å².